The minimum absolute atomic E-state index is 0.572. The number of hydrogen-bond acceptors (Lipinski definition) is 2. The summed E-state index contributed by atoms with van der Waals surface area (Å²) < 4.78 is 0.952. The largest absolute Gasteiger partial charge is 0.463 e. The minimum atomic E-state index is -1.02. The van der Waals surface area contributed by atoms with Crippen LogP contribution in [-0.2, 0) is 0 Å². The average Bonchev–Trinajstić information content (AvgIpc) is 2.68. The summed E-state index contributed by atoms with van der Waals surface area (Å²) in [6, 6.07) is 0. The van der Waals surface area contributed by atoms with Gasteiger partial charge in [0, 0.05) is 6.20 Å². The lowest BCUT2D eigenvalue weighted by atomic mass is 10.2. The molecule has 0 aromatic carbocycles. The molecule has 1 aromatic rings. The van der Waals surface area contributed by atoms with Crippen LogP contribution < -0.4 is 0 Å². The highest BCUT2D eigenvalue weighted by molar-refractivity contribution is 5.66. The van der Waals surface area contributed by atoms with E-state index >= 15 is 0 Å². The maximum atomic E-state index is 10.4. The normalized spacial score (nSPS) is 16.7. The first-order valence-corrected chi connectivity index (χ1v) is 3.55. The smallest absolute Gasteiger partial charge is 0.432 e. The Morgan fingerprint density at radius 1 is 1.73 bits per heavy atom. The molecular weight excluding hydrogens is 144 g/mol. The van der Waals surface area contributed by atoms with Crippen LogP contribution in [0.2, 0.25) is 0 Å². The zero-order chi connectivity index (χ0) is 7.84. The van der Waals surface area contributed by atoms with Crippen molar-refractivity contribution in [3.63, 3.8) is 0 Å². The minimum Gasteiger partial charge on any atom is -0.463 e. The van der Waals surface area contributed by atoms with Crippen LogP contribution in [0.5, 0.6) is 0 Å². The van der Waals surface area contributed by atoms with Crippen LogP contribution in [0.15, 0.2) is 12.4 Å². The number of aromatic nitrogens is 2. The second-order valence-electron chi connectivity index (χ2n) is 2.78. The van der Waals surface area contributed by atoms with Crippen LogP contribution in [0.3, 0.4) is 0 Å². The average molecular weight is 152 g/mol. The molecule has 0 saturated heterocycles. The maximum absolute atomic E-state index is 10.4. The van der Waals surface area contributed by atoms with E-state index in [9.17, 15) is 4.79 Å². The molecule has 0 spiro atoms. The SMILES string of the molecule is O=C(O)n1cc(C2CC2)cn1. The van der Waals surface area contributed by atoms with Gasteiger partial charge in [-0.3, -0.25) is 0 Å². The zero-order valence-corrected chi connectivity index (χ0v) is 5.90. The fourth-order valence-electron chi connectivity index (χ4n) is 1.07. The van der Waals surface area contributed by atoms with Crippen LogP contribution in [-0.4, -0.2) is 21.0 Å². The molecule has 2 rings (SSSR count). The predicted octanol–water partition coefficient (Wildman–Crippen LogP) is 1.29. The van der Waals surface area contributed by atoms with Gasteiger partial charge in [-0.1, -0.05) is 0 Å². The predicted molar refractivity (Wildman–Crippen MR) is 37.6 cm³/mol. The van der Waals surface area contributed by atoms with Crippen LogP contribution in [0.1, 0.15) is 24.3 Å². The zero-order valence-electron chi connectivity index (χ0n) is 5.90. The molecule has 0 unspecified atom stereocenters. The molecule has 0 amide bonds. The van der Waals surface area contributed by atoms with Gasteiger partial charge in [0.15, 0.2) is 0 Å². The van der Waals surface area contributed by atoms with Crippen molar-refractivity contribution in [2.24, 2.45) is 0 Å². The lowest BCUT2D eigenvalue weighted by molar-refractivity contribution is 0.192. The topological polar surface area (TPSA) is 55.1 Å². The highest BCUT2D eigenvalue weighted by Crippen LogP contribution is 2.39. The summed E-state index contributed by atoms with van der Waals surface area (Å²) in [5.41, 5.74) is 1.05. The van der Waals surface area contributed by atoms with Gasteiger partial charge < -0.3 is 5.11 Å². The summed E-state index contributed by atoms with van der Waals surface area (Å²) in [6.07, 6.45) is 4.54. The van der Waals surface area contributed by atoms with Crippen molar-refractivity contribution >= 4 is 6.09 Å². The van der Waals surface area contributed by atoms with Crippen molar-refractivity contribution in [2.75, 3.05) is 0 Å². The Kier molecular flexibility index (Phi) is 1.21. The Morgan fingerprint density at radius 2 is 2.45 bits per heavy atom. The third-order valence-electron chi connectivity index (χ3n) is 1.85. The Balaban J connectivity index is 2.25. The van der Waals surface area contributed by atoms with E-state index in [0.717, 1.165) is 10.2 Å². The molecule has 1 saturated carbocycles. The van der Waals surface area contributed by atoms with Crippen molar-refractivity contribution in [1.29, 1.82) is 0 Å². The van der Waals surface area contributed by atoms with Crippen molar-refractivity contribution < 1.29 is 9.90 Å². The van der Waals surface area contributed by atoms with E-state index in [-0.39, 0.29) is 0 Å². The second-order valence-corrected chi connectivity index (χ2v) is 2.78. The summed E-state index contributed by atoms with van der Waals surface area (Å²) in [7, 11) is 0. The quantitative estimate of drug-likeness (QED) is 0.659. The van der Waals surface area contributed by atoms with Gasteiger partial charge in [0.25, 0.3) is 0 Å². The Hall–Kier alpha value is -1.32. The molecular formula is C7H8N2O2. The molecule has 11 heavy (non-hydrogen) atoms. The number of carbonyl (C=O) groups is 1. The summed E-state index contributed by atoms with van der Waals surface area (Å²) in [5, 5.41) is 12.2. The molecule has 0 bridgehead atoms. The number of hydrogen-bond donors (Lipinski definition) is 1. The molecule has 1 N–H and O–H groups in total. The molecule has 1 fully saturated rings. The van der Waals surface area contributed by atoms with Gasteiger partial charge >= 0.3 is 6.09 Å². The highest BCUT2D eigenvalue weighted by atomic mass is 16.4. The monoisotopic (exact) mass is 152 g/mol. The first-order chi connectivity index (χ1) is 5.27. The lowest BCUT2D eigenvalue weighted by Gasteiger charge is -1.87. The highest BCUT2D eigenvalue weighted by Gasteiger charge is 2.25. The summed E-state index contributed by atoms with van der Waals surface area (Å²) in [4.78, 5) is 10.4. The van der Waals surface area contributed by atoms with Crippen LogP contribution >= 0.6 is 0 Å². The van der Waals surface area contributed by atoms with E-state index in [0.29, 0.717) is 5.92 Å². The molecule has 1 heterocycles. The maximum Gasteiger partial charge on any atom is 0.432 e. The molecule has 1 aliphatic rings. The van der Waals surface area contributed by atoms with Gasteiger partial charge in [0.2, 0.25) is 0 Å². The van der Waals surface area contributed by atoms with E-state index in [4.69, 9.17) is 5.11 Å². The lowest BCUT2D eigenvalue weighted by Crippen LogP contribution is -2.07. The molecule has 1 aliphatic carbocycles. The standard InChI is InChI=1S/C7H8N2O2/c10-7(11)9-4-6(3-8-9)5-1-2-5/h3-5H,1-2H2,(H,10,11). The van der Waals surface area contributed by atoms with Gasteiger partial charge in [0.05, 0.1) is 6.20 Å². The van der Waals surface area contributed by atoms with Crippen molar-refractivity contribution in [3.8, 4) is 0 Å². The van der Waals surface area contributed by atoms with Crippen LogP contribution in [0.4, 0.5) is 4.79 Å². The fourth-order valence-corrected chi connectivity index (χ4v) is 1.07. The molecule has 4 nitrogen and oxygen atoms in total. The first kappa shape index (κ1) is 6.39. The van der Waals surface area contributed by atoms with Gasteiger partial charge in [-0.25, -0.2) is 4.79 Å². The van der Waals surface area contributed by atoms with Gasteiger partial charge in [-0.15, -0.1) is 0 Å². The van der Waals surface area contributed by atoms with E-state index in [1.165, 1.54) is 12.8 Å². The van der Waals surface area contributed by atoms with Crippen molar-refractivity contribution in [3.05, 3.63) is 18.0 Å². The molecule has 0 aliphatic heterocycles. The number of carboxylic acid groups (broad SMARTS) is 1. The third kappa shape index (κ3) is 1.11. The summed E-state index contributed by atoms with van der Waals surface area (Å²) in [6.45, 7) is 0. The Labute approximate surface area is 63.4 Å². The van der Waals surface area contributed by atoms with Gasteiger partial charge in [-0.2, -0.15) is 9.78 Å². The van der Waals surface area contributed by atoms with E-state index in [1.807, 2.05) is 0 Å². The van der Waals surface area contributed by atoms with E-state index in [2.05, 4.69) is 5.10 Å². The summed E-state index contributed by atoms with van der Waals surface area (Å²) in [5.74, 6) is 0.572. The molecule has 0 radical (unpaired) electrons. The fraction of sp³-hybridized carbons (Fsp3) is 0.429. The molecule has 0 atom stereocenters. The molecule has 58 valence electrons. The Morgan fingerprint density at radius 3 is 2.91 bits per heavy atom. The van der Waals surface area contributed by atoms with E-state index in [1.54, 1.807) is 12.4 Å². The van der Waals surface area contributed by atoms with Crippen molar-refractivity contribution in [1.82, 2.24) is 9.78 Å². The van der Waals surface area contributed by atoms with Gasteiger partial charge in [0.1, 0.15) is 0 Å². The molecule has 1 aromatic heterocycles. The van der Waals surface area contributed by atoms with Crippen LogP contribution in [0.25, 0.3) is 0 Å². The molecule has 4 heteroatoms. The second kappa shape index (κ2) is 2.08. The van der Waals surface area contributed by atoms with Gasteiger partial charge in [-0.05, 0) is 24.3 Å². The third-order valence-corrected chi connectivity index (χ3v) is 1.85. The van der Waals surface area contributed by atoms with E-state index < -0.39 is 6.09 Å². The Bertz CT molecular complexity index is 288. The van der Waals surface area contributed by atoms with Crippen molar-refractivity contribution in [2.45, 2.75) is 18.8 Å². The number of nitrogens with zero attached hydrogens (tertiary/aromatic N) is 2. The summed E-state index contributed by atoms with van der Waals surface area (Å²) >= 11 is 0. The first-order valence-electron chi connectivity index (χ1n) is 3.55. The number of rotatable bonds is 1. The van der Waals surface area contributed by atoms with Crippen LogP contribution in [0, 0.1) is 0 Å².